The first kappa shape index (κ1) is 20.8. The van der Waals surface area contributed by atoms with E-state index in [2.05, 4.69) is 59.8 Å². The summed E-state index contributed by atoms with van der Waals surface area (Å²) in [4.78, 5) is 10.4. The number of allylic oxidation sites excluding steroid dienone is 4. The first-order chi connectivity index (χ1) is 12.5. The van der Waals surface area contributed by atoms with Gasteiger partial charge < -0.3 is 9.84 Å². The van der Waals surface area contributed by atoms with Crippen LogP contribution in [0, 0.1) is 0 Å². The molecule has 0 aliphatic carbocycles. The Morgan fingerprint density at radius 3 is 2.26 bits per heavy atom. The van der Waals surface area contributed by atoms with E-state index in [4.69, 9.17) is 9.84 Å². The lowest BCUT2D eigenvalue weighted by molar-refractivity contribution is -0.131. The van der Waals surface area contributed by atoms with Gasteiger partial charge in [0.15, 0.2) is 0 Å². The smallest absolute Gasteiger partial charge is 0.328 e. The van der Waals surface area contributed by atoms with Gasteiger partial charge in [-0.15, -0.1) is 0 Å². The zero-order chi connectivity index (χ0) is 20.2. The molecule has 0 radical (unpaired) electrons. The SMILES string of the molecule is CC(C)(C)c1cc2c(c(C(C)(C)C)c1)OCC(/C=C/C=C/C=C/C(=O)O)=C2. The highest BCUT2D eigenvalue weighted by atomic mass is 16.5. The number of carboxylic acids is 1. The lowest BCUT2D eigenvalue weighted by atomic mass is 9.78. The zero-order valence-electron chi connectivity index (χ0n) is 17.2. The highest BCUT2D eigenvalue weighted by Crippen LogP contribution is 2.41. The molecule has 1 aliphatic rings. The molecule has 1 heterocycles. The predicted molar refractivity (Wildman–Crippen MR) is 112 cm³/mol. The van der Waals surface area contributed by atoms with Crippen LogP contribution in [0.1, 0.15) is 58.2 Å². The van der Waals surface area contributed by atoms with Crippen LogP contribution < -0.4 is 4.74 Å². The van der Waals surface area contributed by atoms with Crippen LogP contribution in [0.15, 0.2) is 54.2 Å². The van der Waals surface area contributed by atoms with Gasteiger partial charge in [0.2, 0.25) is 0 Å². The van der Waals surface area contributed by atoms with Crippen molar-refractivity contribution in [3.63, 3.8) is 0 Å². The molecule has 144 valence electrons. The number of carbonyl (C=O) groups is 1. The van der Waals surface area contributed by atoms with Gasteiger partial charge in [-0.3, -0.25) is 0 Å². The molecule has 2 rings (SSSR count). The molecule has 1 aromatic carbocycles. The van der Waals surface area contributed by atoms with E-state index in [-0.39, 0.29) is 10.8 Å². The van der Waals surface area contributed by atoms with Gasteiger partial charge in [-0.2, -0.15) is 0 Å². The van der Waals surface area contributed by atoms with Crippen LogP contribution >= 0.6 is 0 Å². The van der Waals surface area contributed by atoms with E-state index in [0.717, 1.165) is 23.0 Å². The Kier molecular flexibility index (Phi) is 6.15. The molecule has 0 fully saturated rings. The van der Waals surface area contributed by atoms with E-state index in [9.17, 15) is 4.79 Å². The standard InChI is InChI=1S/C24H30O3/c1-23(2,3)19-14-18-13-17(11-9-7-8-10-12-21(25)26)16-27-22(18)20(15-19)24(4,5)6/h7-15H,16H2,1-6H3,(H,25,26)/b8-7+,11-9+,12-10+. The number of fused-ring (bicyclic) bond motifs is 1. The number of aliphatic carboxylic acids is 1. The molecular weight excluding hydrogens is 336 g/mol. The van der Waals surface area contributed by atoms with Crippen molar-refractivity contribution in [2.75, 3.05) is 6.61 Å². The molecule has 1 aliphatic heterocycles. The quantitative estimate of drug-likeness (QED) is 0.540. The van der Waals surface area contributed by atoms with Crippen molar-refractivity contribution < 1.29 is 14.6 Å². The molecule has 0 spiro atoms. The molecule has 0 amide bonds. The highest BCUT2D eigenvalue weighted by molar-refractivity contribution is 5.80. The van der Waals surface area contributed by atoms with Crippen LogP contribution in [0.4, 0.5) is 0 Å². The van der Waals surface area contributed by atoms with Gasteiger partial charge in [0.25, 0.3) is 0 Å². The molecule has 27 heavy (non-hydrogen) atoms. The Labute approximate surface area is 162 Å². The van der Waals surface area contributed by atoms with Crippen molar-refractivity contribution in [3.8, 4) is 5.75 Å². The average Bonchev–Trinajstić information content (AvgIpc) is 2.54. The van der Waals surface area contributed by atoms with Crippen LogP contribution in [0.5, 0.6) is 5.75 Å². The van der Waals surface area contributed by atoms with Gasteiger partial charge in [0, 0.05) is 17.2 Å². The molecule has 3 heteroatoms. The predicted octanol–water partition coefficient (Wildman–Crippen LogP) is 5.81. The second kappa shape index (κ2) is 7.99. The number of rotatable bonds is 4. The lowest BCUT2D eigenvalue weighted by Gasteiger charge is -2.30. The Morgan fingerprint density at radius 1 is 1.00 bits per heavy atom. The number of carboxylic acid groups (broad SMARTS) is 1. The molecule has 1 N–H and O–H groups in total. The number of benzene rings is 1. The number of hydrogen-bond donors (Lipinski definition) is 1. The third-order valence-electron chi connectivity index (χ3n) is 4.40. The summed E-state index contributed by atoms with van der Waals surface area (Å²) in [6.45, 7) is 13.9. The van der Waals surface area contributed by atoms with Gasteiger partial charge in [-0.25, -0.2) is 4.79 Å². The first-order valence-electron chi connectivity index (χ1n) is 9.25. The molecule has 0 aromatic heterocycles. The second-order valence-electron chi connectivity index (χ2n) is 8.89. The summed E-state index contributed by atoms with van der Waals surface area (Å²) < 4.78 is 6.14. The van der Waals surface area contributed by atoms with Gasteiger partial charge in [-0.05, 0) is 34.1 Å². The maximum absolute atomic E-state index is 10.4. The van der Waals surface area contributed by atoms with E-state index in [1.54, 1.807) is 6.08 Å². The van der Waals surface area contributed by atoms with Crippen molar-refractivity contribution >= 4 is 12.0 Å². The van der Waals surface area contributed by atoms with Crippen molar-refractivity contribution in [1.82, 2.24) is 0 Å². The monoisotopic (exact) mass is 366 g/mol. The highest BCUT2D eigenvalue weighted by Gasteiger charge is 2.26. The zero-order valence-corrected chi connectivity index (χ0v) is 17.2. The summed E-state index contributed by atoms with van der Waals surface area (Å²) in [6.07, 6.45) is 12.2. The van der Waals surface area contributed by atoms with Crippen molar-refractivity contribution in [1.29, 1.82) is 0 Å². The van der Waals surface area contributed by atoms with E-state index in [1.165, 1.54) is 17.2 Å². The molecule has 0 saturated carbocycles. The Balaban J connectivity index is 2.36. The number of hydrogen-bond acceptors (Lipinski definition) is 2. The summed E-state index contributed by atoms with van der Waals surface area (Å²) in [6, 6.07) is 4.51. The van der Waals surface area contributed by atoms with Crippen molar-refractivity contribution in [2.45, 2.75) is 52.4 Å². The fourth-order valence-corrected chi connectivity index (χ4v) is 2.85. The molecular formula is C24H30O3. The molecule has 0 atom stereocenters. The Morgan fingerprint density at radius 2 is 1.67 bits per heavy atom. The summed E-state index contributed by atoms with van der Waals surface area (Å²) in [5, 5.41) is 8.56. The van der Waals surface area contributed by atoms with Gasteiger partial charge in [0.05, 0.1) is 0 Å². The number of ether oxygens (including phenoxy) is 1. The van der Waals surface area contributed by atoms with Crippen molar-refractivity contribution in [3.05, 3.63) is 70.9 Å². The van der Waals surface area contributed by atoms with Crippen LogP contribution in [-0.4, -0.2) is 17.7 Å². The van der Waals surface area contributed by atoms with Crippen LogP contribution in [0.3, 0.4) is 0 Å². The van der Waals surface area contributed by atoms with E-state index in [0.29, 0.717) is 6.61 Å². The van der Waals surface area contributed by atoms with Crippen LogP contribution in [-0.2, 0) is 15.6 Å². The van der Waals surface area contributed by atoms with E-state index >= 15 is 0 Å². The molecule has 1 aromatic rings. The fraction of sp³-hybridized carbons (Fsp3) is 0.375. The molecule has 0 unspecified atom stereocenters. The van der Waals surface area contributed by atoms with E-state index < -0.39 is 5.97 Å². The van der Waals surface area contributed by atoms with Gasteiger partial charge >= 0.3 is 5.97 Å². The summed E-state index contributed by atoms with van der Waals surface area (Å²) >= 11 is 0. The minimum Gasteiger partial charge on any atom is -0.488 e. The van der Waals surface area contributed by atoms with Crippen molar-refractivity contribution in [2.24, 2.45) is 0 Å². The summed E-state index contributed by atoms with van der Waals surface area (Å²) in [7, 11) is 0. The third kappa shape index (κ3) is 5.72. The Bertz CT molecular complexity index is 822. The third-order valence-corrected chi connectivity index (χ3v) is 4.40. The first-order valence-corrected chi connectivity index (χ1v) is 9.25. The fourth-order valence-electron chi connectivity index (χ4n) is 2.85. The molecule has 3 nitrogen and oxygen atoms in total. The van der Waals surface area contributed by atoms with E-state index in [1.807, 2.05) is 18.2 Å². The van der Waals surface area contributed by atoms with Crippen LogP contribution in [0.2, 0.25) is 0 Å². The molecule has 0 saturated heterocycles. The lowest BCUT2D eigenvalue weighted by Crippen LogP contribution is -2.20. The second-order valence-corrected chi connectivity index (χ2v) is 8.89. The summed E-state index contributed by atoms with van der Waals surface area (Å²) in [5.41, 5.74) is 4.81. The maximum Gasteiger partial charge on any atom is 0.328 e. The normalized spacial score (nSPS) is 15.3. The van der Waals surface area contributed by atoms with Gasteiger partial charge in [-0.1, -0.05) is 78.0 Å². The Hall–Kier alpha value is -2.55. The average molecular weight is 367 g/mol. The summed E-state index contributed by atoms with van der Waals surface area (Å²) in [5.74, 6) is 0.0283. The minimum absolute atomic E-state index is 0.00569. The molecule has 0 bridgehead atoms. The van der Waals surface area contributed by atoms with Gasteiger partial charge in [0.1, 0.15) is 12.4 Å². The topological polar surface area (TPSA) is 46.5 Å². The maximum atomic E-state index is 10.4. The minimum atomic E-state index is -0.951. The van der Waals surface area contributed by atoms with Crippen LogP contribution in [0.25, 0.3) is 6.08 Å². The largest absolute Gasteiger partial charge is 0.488 e.